The van der Waals surface area contributed by atoms with Crippen molar-refractivity contribution >= 4 is 65.6 Å². The first-order valence-electron chi connectivity index (χ1n) is 17.4. The number of hydrogen-bond donors (Lipinski definition) is 0. The Morgan fingerprint density at radius 3 is 1.59 bits per heavy atom. The summed E-state index contributed by atoms with van der Waals surface area (Å²) >= 11 is 0. The average molecular weight is 651 g/mol. The lowest BCUT2D eigenvalue weighted by Crippen LogP contribution is -2.01. The Kier molecular flexibility index (Phi) is 5.96. The zero-order valence-corrected chi connectivity index (χ0v) is 27.6. The summed E-state index contributed by atoms with van der Waals surface area (Å²) in [5.41, 5.74) is 13.5. The molecule has 3 nitrogen and oxygen atoms in total. The van der Waals surface area contributed by atoms with E-state index in [1.54, 1.807) is 0 Å². The first-order valence-corrected chi connectivity index (χ1v) is 17.4. The highest BCUT2D eigenvalue weighted by Crippen LogP contribution is 2.43. The quantitative estimate of drug-likeness (QED) is 0.186. The van der Waals surface area contributed by atoms with Crippen molar-refractivity contribution < 1.29 is 4.42 Å². The van der Waals surface area contributed by atoms with E-state index in [9.17, 15) is 0 Å². The molecule has 0 radical (unpaired) electrons. The molecule has 0 bridgehead atoms. The minimum Gasteiger partial charge on any atom is -0.456 e. The highest BCUT2D eigenvalue weighted by molar-refractivity contribution is 6.17. The number of para-hydroxylation sites is 5. The van der Waals surface area contributed by atoms with Crippen LogP contribution in [0.5, 0.6) is 0 Å². The molecule has 0 saturated heterocycles. The Morgan fingerprint density at radius 2 is 0.863 bits per heavy atom. The van der Waals surface area contributed by atoms with E-state index < -0.39 is 0 Å². The van der Waals surface area contributed by atoms with Crippen molar-refractivity contribution in [1.29, 1.82) is 0 Å². The monoisotopic (exact) mass is 650 g/mol. The van der Waals surface area contributed by atoms with Gasteiger partial charge >= 0.3 is 0 Å². The van der Waals surface area contributed by atoms with Crippen molar-refractivity contribution in [2.45, 2.75) is 0 Å². The van der Waals surface area contributed by atoms with E-state index in [4.69, 9.17) is 4.42 Å². The maximum absolute atomic E-state index is 6.35. The number of hydrogen-bond acceptors (Lipinski definition) is 1. The van der Waals surface area contributed by atoms with Gasteiger partial charge in [0.25, 0.3) is 0 Å². The fraction of sp³-hybridized carbons (Fsp3) is 0. The fourth-order valence-electron chi connectivity index (χ4n) is 8.31. The molecule has 0 aliphatic heterocycles. The Hall–Kier alpha value is -6.84. The van der Waals surface area contributed by atoms with Crippen LogP contribution in [0, 0.1) is 0 Å². The molecule has 0 N–H and O–H groups in total. The third-order valence-corrected chi connectivity index (χ3v) is 10.5. The molecular weight excluding hydrogens is 621 g/mol. The van der Waals surface area contributed by atoms with E-state index >= 15 is 0 Å². The standard InChI is InChI=1S/C48H30N2O/c1-2-14-31(15-3-1)34-22-13-23-35(48(34)50-43-25-9-4-18-36(43)37-19-5-10-26-44(37)50)32-16-12-17-33(28-32)49-42-24-8-6-20-38(42)40-30-47-41(29-45(40)49)39-21-7-11-27-46(39)51-47/h1-30H. The molecular formula is C48H30N2O. The zero-order chi connectivity index (χ0) is 33.5. The first kappa shape index (κ1) is 28.0. The fourth-order valence-corrected chi connectivity index (χ4v) is 8.31. The van der Waals surface area contributed by atoms with Crippen LogP contribution >= 0.6 is 0 Å². The van der Waals surface area contributed by atoms with Gasteiger partial charge in [0.05, 0.1) is 27.8 Å². The van der Waals surface area contributed by atoms with Gasteiger partial charge in [0, 0.05) is 49.1 Å². The maximum Gasteiger partial charge on any atom is 0.136 e. The molecule has 51 heavy (non-hydrogen) atoms. The van der Waals surface area contributed by atoms with Crippen LogP contribution < -0.4 is 0 Å². The second kappa shape index (κ2) is 10.8. The summed E-state index contributed by atoms with van der Waals surface area (Å²) in [6.45, 7) is 0. The van der Waals surface area contributed by atoms with Gasteiger partial charge in [0.2, 0.25) is 0 Å². The van der Waals surface area contributed by atoms with Crippen molar-refractivity contribution in [1.82, 2.24) is 9.13 Å². The molecule has 0 aliphatic rings. The number of rotatable bonds is 4. The Bertz CT molecular complexity index is 3090. The SMILES string of the molecule is c1ccc(-c2cccc(-c3cccc(-n4c5ccccc5c5cc6oc7ccccc7c6cc54)c3)c2-n2c3ccccc3c3ccccc32)cc1. The largest absolute Gasteiger partial charge is 0.456 e. The molecule has 0 unspecified atom stereocenters. The van der Waals surface area contributed by atoms with Crippen molar-refractivity contribution in [2.24, 2.45) is 0 Å². The Balaban J connectivity index is 1.21. The summed E-state index contributed by atoms with van der Waals surface area (Å²) in [5, 5.41) is 7.14. The summed E-state index contributed by atoms with van der Waals surface area (Å²) in [6, 6.07) is 65.6. The van der Waals surface area contributed by atoms with Crippen LogP contribution in [0.1, 0.15) is 0 Å². The molecule has 0 fully saturated rings. The van der Waals surface area contributed by atoms with Gasteiger partial charge in [-0.25, -0.2) is 0 Å². The highest BCUT2D eigenvalue weighted by Gasteiger charge is 2.21. The van der Waals surface area contributed by atoms with Crippen LogP contribution in [0.4, 0.5) is 0 Å². The van der Waals surface area contributed by atoms with Gasteiger partial charge in [-0.2, -0.15) is 0 Å². The molecule has 0 saturated carbocycles. The third-order valence-electron chi connectivity index (χ3n) is 10.5. The molecule has 238 valence electrons. The second-order valence-corrected chi connectivity index (χ2v) is 13.3. The Morgan fingerprint density at radius 1 is 0.314 bits per heavy atom. The summed E-state index contributed by atoms with van der Waals surface area (Å²) in [6.07, 6.45) is 0. The second-order valence-electron chi connectivity index (χ2n) is 13.3. The summed E-state index contributed by atoms with van der Waals surface area (Å²) in [4.78, 5) is 0. The molecule has 3 aromatic heterocycles. The van der Waals surface area contributed by atoms with Crippen molar-refractivity contribution in [3.8, 4) is 33.6 Å². The van der Waals surface area contributed by atoms with E-state index in [1.165, 1.54) is 60.5 Å². The van der Waals surface area contributed by atoms with Gasteiger partial charge in [-0.15, -0.1) is 0 Å². The predicted octanol–water partition coefficient (Wildman–Crippen LogP) is 13.1. The van der Waals surface area contributed by atoms with Gasteiger partial charge < -0.3 is 13.6 Å². The molecule has 3 heterocycles. The van der Waals surface area contributed by atoms with Crippen LogP contribution in [0.15, 0.2) is 186 Å². The van der Waals surface area contributed by atoms with Crippen LogP contribution in [0.2, 0.25) is 0 Å². The summed E-state index contributed by atoms with van der Waals surface area (Å²) in [5.74, 6) is 0. The lowest BCUT2D eigenvalue weighted by molar-refractivity contribution is 0.669. The number of benzene rings is 8. The summed E-state index contributed by atoms with van der Waals surface area (Å²) in [7, 11) is 0. The van der Waals surface area contributed by atoms with Gasteiger partial charge in [-0.05, 0) is 59.7 Å². The van der Waals surface area contributed by atoms with E-state index in [1.807, 2.05) is 12.1 Å². The average Bonchev–Trinajstić information content (AvgIpc) is 3.84. The van der Waals surface area contributed by atoms with E-state index in [0.717, 1.165) is 38.7 Å². The van der Waals surface area contributed by atoms with Crippen LogP contribution in [0.3, 0.4) is 0 Å². The first-order chi connectivity index (χ1) is 25.3. The van der Waals surface area contributed by atoms with Crippen molar-refractivity contribution in [2.75, 3.05) is 0 Å². The molecule has 11 rings (SSSR count). The highest BCUT2D eigenvalue weighted by atomic mass is 16.3. The van der Waals surface area contributed by atoms with Crippen molar-refractivity contribution in [3.05, 3.63) is 182 Å². The molecule has 11 aromatic rings. The number of fused-ring (bicyclic) bond motifs is 9. The minimum absolute atomic E-state index is 0.911. The number of nitrogens with zero attached hydrogens (tertiary/aromatic N) is 2. The molecule has 0 atom stereocenters. The van der Waals surface area contributed by atoms with E-state index in [2.05, 4.69) is 179 Å². The number of aromatic nitrogens is 2. The smallest absolute Gasteiger partial charge is 0.136 e. The van der Waals surface area contributed by atoms with Crippen LogP contribution in [0.25, 0.3) is 99.2 Å². The van der Waals surface area contributed by atoms with Crippen LogP contribution in [-0.2, 0) is 0 Å². The van der Waals surface area contributed by atoms with Crippen LogP contribution in [-0.4, -0.2) is 9.13 Å². The predicted molar refractivity (Wildman–Crippen MR) is 213 cm³/mol. The molecule has 8 aromatic carbocycles. The molecule has 0 aliphatic carbocycles. The van der Waals surface area contributed by atoms with E-state index in [0.29, 0.717) is 0 Å². The number of furan rings is 1. The summed E-state index contributed by atoms with van der Waals surface area (Å²) < 4.78 is 11.2. The Labute approximate surface area is 293 Å². The van der Waals surface area contributed by atoms with Gasteiger partial charge in [0.1, 0.15) is 11.2 Å². The molecule has 0 spiro atoms. The zero-order valence-electron chi connectivity index (χ0n) is 27.6. The third kappa shape index (κ3) is 4.12. The van der Waals surface area contributed by atoms with Gasteiger partial charge in [-0.3, -0.25) is 0 Å². The minimum atomic E-state index is 0.911. The van der Waals surface area contributed by atoms with E-state index in [-0.39, 0.29) is 0 Å². The van der Waals surface area contributed by atoms with Gasteiger partial charge in [-0.1, -0.05) is 133 Å². The molecule has 3 heteroatoms. The maximum atomic E-state index is 6.35. The van der Waals surface area contributed by atoms with Crippen molar-refractivity contribution in [3.63, 3.8) is 0 Å². The molecule has 0 amide bonds. The normalized spacial score (nSPS) is 11.9. The lowest BCUT2D eigenvalue weighted by atomic mass is 9.95. The topological polar surface area (TPSA) is 23.0 Å². The van der Waals surface area contributed by atoms with Gasteiger partial charge in [0.15, 0.2) is 0 Å². The lowest BCUT2D eigenvalue weighted by Gasteiger charge is -2.20.